The van der Waals surface area contributed by atoms with Crippen LogP contribution >= 0.6 is 11.6 Å². The number of hydrogen-bond acceptors (Lipinski definition) is 6. The summed E-state index contributed by atoms with van der Waals surface area (Å²) in [5.74, 6) is -0.0556. The maximum atomic E-state index is 13.7. The van der Waals surface area contributed by atoms with Crippen molar-refractivity contribution in [3.63, 3.8) is 0 Å². The first-order valence-electron chi connectivity index (χ1n) is 9.80. The first-order chi connectivity index (χ1) is 15.9. The van der Waals surface area contributed by atoms with E-state index in [1.54, 1.807) is 54.6 Å². The summed E-state index contributed by atoms with van der Waals surface area (Å²) in [7, 11) is 1.80. The van der Waals surface area contributed by atoms with Crippen molar-refractivity contribution in [2.75, 3.05) is 16.0 Å². The second kappa shape index (κ2) is 9.49. The smallest absolute Gasteiger partial charge is 0.247 e. The van der Waals surface area contributed by atoms with E-state index in [9.17, 15) is 9.18 Å². The number of halogens is 2. The van der Waals surface area contributed by atoms with Crippen molar-refractivity contribution in [2.24, 2.45) is 7.05 Å². The summed E-state index contributed by atoms with van der Waals surface area (Å²) in [6, 6.07) is 11.5. The normalized spacial score (nSPS) is 10.5. The van der Waals surface area contributed by atoms with Gasteiger partial charge in [-0.1, -0.05) is 30.3 Å². The molecule has 10 heteroatoms. The zero-order valence-electron chi connectivity index (χ0n) is 17.5. The minimum Gasteiger partial charge on any atom is -0.339 e. The molecule has 0 saturated heterocycles. The van der Waals surface area contributed by atoms with Crippen molar-refractivity contribution in [3.05, 3.63) is 84.5 Å². The molecule has 0 fully saturated rings. The molecule has 33 heavy (non-hydrogen) atoms. The van der Waals surface area contributed by atoms with Crippen molar-refractivity contribution in [2.45, 2.75) is 0 Å². The van der Waals surface area contributed by atoms with E-state index in [1.165, 1.54) is 18.2 Å². The second-order valence-corrected chi connectivity index (χ2v) is 7.42. The van der Waals surface area contributed by atoms with E-state index in [0.29, 0.717) is 34.3 Å². The van der Waals surface area contributed by atoms with Gasteiger partial charge in [0.05, 0.1) is 16.9 Å². The van der Waals surface area contributed by atoms with E-state index < -0.39 is 5.82 Å². The van der Waals surface area contributed by atoms with Crippen molar-refractivity contribution >= 4 is 46.3 Å². The predicted molar refractivity (Wildman–Crippen MR) is 127 cm³/mol. The Balaban J connectivity index is 1.71. The molecule has 0 atom stereocenters. The number of carbonyl (C=O) groups excluding carboxylic acids is 1. The van der Waals surface area contributed by atoms with E-state index in [1.807, 2.05) is 6.07 Å². The SMILES string of the molecule is C=CC(=O)Nc1cccc(Nc2nc(Nc3cnn(C)c3)ncc2-c2ccc(F)c(Cl)c2)c1. The van der Waals surface area contributed by atoms with Gasteiger partial charge in [-0.15, -0.1) is 0 Å². The number of nitrogens with one attached hydrogen (secondary N) is 3. The lowest BCUT2D eigenvalue weighted by Gasteiger charge is -2.14. The first-order valence-corrected chi connectivity index (χ1v) is 10.2. The number of aromatic nitrogens is 4. The van der Waals surface area contributed by atoms with Gasteiger partial charge >= 0.3 is 0 Å². The number of hydrogen-bond donors (Lipinski definition) is 3. The second-order valence-electron chi connectivity index (χ2n) is 7.01. The Hall–Kier alpha value is -4.24. The molecule has 2 heterocycles. The van der Waals surface area contributed by atoms with Gasteiger partial charge in [0.2, 0.25) is 11.9 Å². The average molecular weight is 464 g/mol. The fraction of sp³-hybridized carbons (Fsp3) is 0.0435. The fourth-order valence-corrected chi connectivity index (χ4v) is 3.21. The molecule has 1 amide bonds. The van der Waals surface area contributed by atoms with E-state index in [4.69, 9.17) is 11.6 Å². The summed E-state index contributed by atoms with van der Waals surface area (Å²) in [5, 5.41) is 13.2. The van der Waals surface area contributed by atoms with Crippen molar-refractivity contribution < 1.29 is 9.18 Å². The van der Waals surface area contributed by atoms with E-state index >= 15 is 0 Å². The molecule has 0 spiro atoms. The van der Waals surface area contributed by atoms with Crippen LogP contribution in [0.2, 0.25) is 5.02 Å². The van der Waals surface area contributed by atoms with Crippen LogP contribution < -0.4 is 16.0 Å². The minimum atomic E-state index is -0.517. The standard InChI is InChI=1S/C23H19ClFN7O/c1-3-21(33)28-15-5-4-6-16(10-15)29-22-18(14-7-8-20(25)19(24)9-14)12-26-23(31-22)30-17-11-27-32(2)13-17/h3-13H,1H2,2H3,(H,28,33)(H2,26,29,30,31). The van der Waals surface area contributed by atoms with Crippen LogP contribution in [0.1, 0.15) is 0 Å². The fourth-order valence-electron chi connectivity index (χ4n) is 3.03. The van der Waals surface area contributed by atoms with Crippen molar-refractivity contribution in [1.29, 1.82) is 0 Å². The molecule has 0 saturated carbocycles. The molecule has 0 aliphatic carbocycles. The van der Waals surface area contributed by atoms with Gasteiger partial charge in [0.1, 0.15) is 11.6 Å². The molecule has 2 aromatic carbocycles. The topological polar surface area (TPSA) is 96.8 Å². The molecule has 4 rings (SSSR count). The molecule has 2 aromatic heterocycles. The lowest BCUT2D eigenvalue weighted by molar-refractivity contribution is -0.111. The maximum Gasteiger partial charge on any atom is 0.247 e. The Kier molecular flexibility index (Phi) is 6.32. The summed E-state index contributed by atoms with van der Waals surface area (Å²) in [6.07, 6.45) is 6.24. The predicted octanol–water partition coefficient (Wildman–Crippen LogP) is 5.28. The Morgan fingerprint density at radius 1 is 1.12 bits per heavy atom. The van der Waals surface area contributed by atoms with Gasteiger partial charge in [0.15, 0.2) is 0 Å². The largest absolute Gasteiger partial charge is 0.339 e. The quantitative estimate of drug-likeness (QED) is 0.322. The number of benzene rings is 2. The molecular weight excluding hydrogens is 445 g/mol. The number of rotatable bonds is 7. The van der Waals surface area contributed by atoms with E-state index in [2.05, 4.69) is 37.6 Å². The maximum absolute atomic E-state index is 13.7. The molecular formula is C23H19ClFN7O. The van der Waals surface area contributed by atoms with Gasteiger partial charge in [-0.2, -0.15) is 10.1 Å². The highest BCUT2D eigenvalue weighted by Gasteiger charge is 2.13. The molecule has 0 bridgehead atoms. The molecule has 0 aliphatic heterocycles. The van der Waals surface area contributed by atoms with Crippen molar-refractivity contribution in [3.8, 4) is 11.1 Å². The Morgan fingerprint density at radius 3 is 2.67 bits per heavy atom. The number of aryl methyl sites for hydroxylation is 1. The number of amides is 1. The summed E-state index contributed by atoms with van der Waals surface area (Å²) < 4.78 is 15.4. The molecule has 8 nitrogen and oxygen atoms in total. The zero-order chi connectivity index (χ0) is 23.4. The average Bonchev–Trinajstić information content (AvgIpc) is 3.20. The van der Waals surface area contributed by atoms with Gasteiger partial charge < -0.3 is 16.0 Å². The van der Waals surface area contributed by atoms with Crippen LogP contribution in [0.15, 0.2) is 73.7 Å². The van der Waals surface area contributed by atoms with Gasteiger partial charge in [-0.3, -0.25) is 9.48 Å². The van der Waals surface area contributed by atoms with Gasteiger partial charge in [-0.05, 0) is 42.0 Å². The zero-order valence-corrected chi connectivity index (χ0v) is 18.3. The minimum absolute atomic E-state index is 0.00912. The van der Waals surface area contributed by atoms with Crippen LogP contribution in [0.5, 0.6) is 0 Å². The molecule has 0 radical (unpaired) electrons. The van der Waals surface area contributed by atoms with E-state index in [-0.39, 0.29) is 10.9 Å². The summed E-state index contributed by atoms with van der Waals surface area (Å²) >= 11 is 5.99. The van der Waals surface area contributed by atoms with Gasteiger partial charge in [0, 0.05) is 36.4 Å². The Morgan fingerprint density at radius 2 is 1.94 bits per heavy atom. The third-order valence-electron chi connectivity index (χ3n) is 4.56. The molecule has 3 N–H and O–H groups in total. The third-order valence-corrected chi connectivity index (χ3v) is 4.85. The van der Waals surface area contributed by atoms with Crippen LogP contribution in [0.4, 0.5) is 33.2 Å². The number of carbonyl (C=O) groups is 1. The molecule has 0 aliphatic rings. The first kappa shape index (κ1) is 22.0. The van der Waals surface area contributed by atoms with Crippen LogP contribution in [0, 0.1) is 5.82 Å². The van der Waals surface area contributed by atoms with Gasteiger partial charge in [0.25, 0.3) is 0 Å². The van der Waals surface area contributed by atoms with Gasteiger partial charge in [-0.25, -0.2) is 9.37 Å². The molecule has 166 valence electrons. The summed E-state index contributed by atoms with van der Waals surface area (Å²) in [5.41, 5.74) is 3.20. The third kappa shape index (κ3) is 5.34. The highest BCUT2D eigenvalue weighted by molar-refractivity contribution is 6.31. The summed E-state index contributed by atoms with van der Waals surface area (Å²) in [4.78, 5) is 20.6. The highest BCUT2D eigenvalue weighted by Crippen LogP contribution is 2.32. The van der Waals surface area contributed by atoms with Crippen molar-refractivity contribution in [1.82, 2.24) is 19.7 Å². The molecule has 4 aromatic rings. The lowest BCUT2D eigenvalue weighted by Crippen LogP contribution is -2.07. The monoisotopic (exact) mass is 463 g/mol. The van der Waals surface area contributed by atoms with Crippen LogP contribution in [0.3, 0.4) is 0 Å². The number of nitrogens with zero attached hydrogens (tertiary/aromatic N) is 4. The Bertz CT molecular complexity index is 1340. The summed E-state index contributed by atoms with van der Waals surface area (Å²) in [6.45, 7) is 3.46. The van der Waals surface area contributed by atoms with Crippen LogP contribution in [-0.2, 0) is 11.8 Å². The van der Waals surface area contributed by atoms with Crippen LogP contribution in [0.25, 0.3) is 11.1 Å². The Labute approximate surface area is 194 Å². The van der Waals surface area contributed by atoms with Crippen LogP contribution in [-0.4, -0.2) is 25.7 Å². The highest BCUT2D eigenvalue weighted by atomic mass is 35.5. The number of anilines is 5. The lowest BCUT2D eigenvalue weighted by atomic mass is 10.1. The van der Waals surface area contributed by atoms with E-state index in [0.717, 1.165) is 5.69 Å². The molecule has 0 unspecified atom stereocenters.